The molecule has 0 aliphatic rings. The van der Waals surface area contributed by atoms with E-state index in [1.54, 1.807) is 6.20 Å². The average molecular weight is 1070 g/mol. The number of para-hydroxylation sites is 2. The van der Waals surface area contributed by atoms with E-state index >= 15 is 0 Å². The van der Waals surface area contributed by atoms with Crippen molar-refractivity contribution in [2.24, 2.45) is 5.92 Å². The zero-order valence-electron chi connectivity index (χ0n) is 40.0. The van der Waals surface area contributed by atoms with E-state index in [1.165, 1.54) is 38.7 Å². The van der Waals surface area contributed by atoms with Gasteiger partial charge in [0.1, 0.15) is 5.58 Å². The van der Waals surface area contributed by atoms with Gasteiger partial charge in [-0.05, 0) is 111 Å². The Morgan fingerprint density at radius 2 is 1.28 bits per heavy atom. The fourth-order valence-corrected chi connectivity index (χ4v) is 10.7. The fraction of sp³-hybridized carbons (Fsp3) is 0.217. The van der Waals surface area contributed by atoms with Gasteiger partial charge < -0.3 is 14.0 Å². The number of hydrogen-bond acceptors (Lipinski definition) is 4. The number of imidazole rings is 1. The third-order valence-corrected chi connectivity index (χ3v) is 14.4. The van der Waals surface area contributed by atoms with Crippen LogP contribution in [-0.4, -0.2) is 27.6 Å². The molecule has 339 valence electrons. The summed E-state index contributed by atoms with van der Waals surface area (Å²) in [5, 5.41) is 2.47. The van der Waals surface area contributed by atoms with E-state index in [-0.39, 0.29) is 31.9 Å². The van der Waals surface area contributed by atoms with Gasteiger partial charge in [-0.2, -0.15) is 0 Å². The summed E-state index contributed by atoms with van der Waals surface area (Å²) in [6, 6.07) is 57.6. The van der Waals surface area contributed by atoms with Crippen LogP contribution in [0, 0.1) is 18.1 Å². The van der Waals surface area contributed by atoms with Gasteiger partial charge in [0.05, 0.1) is 30.2 Å². The number of furan rings is 1. The molecule has 0 saturated heterocycles. The molecule has 4 heterocycles. The van der Waals surface area contributed by atoms with E-state index in [2.05, 4.69) is 204 Å². The summed E-state index contributed by atoms with van der Waals surface area (Å²) in [7, 11) is -1.34. The molecule has 67 heavy (non-hydrogen) atoms. The quantitative estimate of drug-likeness (QED) is 0.101. The molecule has 0 saturated carbocycles. The molecule has 0 bridgehead atoms. The molecule has 7 heteroatoms. The van der Waals surface area contributed by atoms with Gasteiger partial charge in [-0.3, -0.25) is 9.97 Å². The van der Waals surface area contributed by atoms with Crippen LogP contribution in [0.1, 0.15) is 70.1 Å². The van der Waals surface area contributed by atoms with Crippen molar-refractivity contribution in [3.8, 4) is 50.6 Å². The molecule has 5 nitrogen and oxygen atoms in total. The molecule has 10 aromatic rings. The molecule has 0 aliphatic heterocycles. The maximum absolute atomic E-state index is 6.67. The molecular weight excluding hydrogens is 1010 g/mol. The smallest absolute Gasteiger partial charge is 0.120 e. The van der Waals surface area contributed by atoms with E-state index < -0.39 is 8.07 Å². The number of pyridine rings is 2. The Morgan fingerprint density at radius 3 is 1.91 bits per heavy atom. The Balaban J connectivity index is 0.000000244. The van der Waals surface area contributed by atoms with Crippen LogP contribution >= 0.6 is 0 Å². The van der Waals surface area contributed by atoms with Gasteiger partial charge in [-0.1, -0.05) is 152 Å². The molecule has 10 rings (SSSR count). The van der Waals surface area contributed by atoms with Crippen molar-refractivity contribution in [3.05, 3.63) is 187 Å². The van der Waals surface area contributed by atoms with Crippen LogP contribution in [0.2, 0.25) is 19.6 Å². The first kappa shape index (κ1) is 47.3. The number of nitrogens with zero attached hydrogens (tertiary/aromatic N) is 4. The maximum Gasteiger partial charge on any atom is 0.120 e. The molecule has 0 atom stereocenters. The maximum atomic E-state index is 6.67. The summed E-state index contributed by atoms with van der Waals surface area (Å²) in [6.07, 6.45) is 4.99. The fourth-order valence-electron chi connectivity index (χ4n) is 9.10. The number of fused-ring (bicyclic) bond motifs is 4. The third kappa shape index (κ3) is 9.78. The Kier molecular flexibility index (Phi) is 14.1. The van der Waals surface area contributed by atoms with Crippen molar-refractivity contribution in [2.75, 3.05) is 0 Å². The number of benzene rings is 6. The second-order valence-electron chi connectivity index (χ2n) is 19.4. The second-order valence-corrected chi connectivity index (χ2v) is 24.5. The summed E-state index contributed by atoms with van der Waals surface area (Å²) >= 11 is 0. The normalized spacial score (nSPS) is 11.7. The van der Waals surface area contributed by atoms with Gasteiger partial charge in [0.2, 0.25) is 0 Å². The van der Waals surface area contributed by atoms with Gasteiger partial charge in [-0.15, -0.1) is 47.5 Å². The molecule has 4 aromatic heterocycles. The molecule has 0 N–H and O–H groups in total. The van der Waals surface area contributed by atoms with Gasteiger partial charge in [-0.25, -0.2) is 0 Å². The Morgan fingerprint density at radius 1 is 0.642 bits per heavy atom. The zero-order valence-corrected chi connectivity index (χ0v) is 43.4. The van der Waals surface area contributed by atoms with Gasteiger partial charge >= 0.3 is 0 Å². The van der Waals surface area contributed by atoms with Crippen molar-refractivity contribution in [1.29, 1.82) is 0 Å². The van der Waals surface area contributed by atoms with Crippen LogP contribution in [0.15, 0.2) is 162 Å². The molecule has 0 amide bonds. The molecule has 0 fully saturated rings. The largest absolute Gasteiger partial charge is 0.513 e. The summed E-state index contributed by atoms with van der Waals surface area (Å²) < 4.78 is 9.01. The topological polar surface area (TPSA) is 56.7 Å². The molecule has 6 aromatic carbocycles. The summed E-state index contributed by atoms with van der Waals surface area (Å²) in [5.74, 6) is 2.01. The summed E-state index contributed by atoms with van der Waals surface area (Å²) in [5.41, 5.74) is 17.1. The van der Waals surface area contributed by atoms with Crippen molar-refractivity contribution in [2.45, 2.75) is 79.4 Å². The van der Waals surface area contributed by atoms with Crippen molar-refractivity contribution >= 4 is 46.4 Å². The SMILES string of the molecule is CC(C)Cc1cc(-c2[c-]cccc2)ncc1[Si](C)(C)C.CC(C)c1cc(-c2ccccc2)cc(C(C)C)c1-n1c(-c2[c-]cnc3c2oc2cc(-c4ccccc4)ccc23)nc2ccccc21.[Ir]. The van der Waals surface area contributed by atoms with Gasteiger partial charge in [0.25, 0.3) is 0 Å². The first-order valence-electron chi connectivity index (χ1n) is 23.3. The standard InChI is InChI=1S/C42H34N3O.C18H24NSi.Ir/c1-26(2)34-23-31(29-15-9-6-10-16-29)24-35(27(3)4)40(34)45-37-18-12-11-17-36(37)44-42(45)33-21-22-43-39-32-20-19-30(25-38(32)46-41(33)39)28-13-7-5-8-14-28;1-14(2)11-16-12-17(15-9-7-6-8-10-15)19-13-18(16)20(3,4)5;/h5-20,22-27H,1-4H3;6-9,12-14H,11H2,1-5H3;/q2*-1;. The number of aromatic nitrogens is 4. The minimum atomic E-state index is -1.34. The minimum Gasteiger partial charge on any atom is -0.513 e. The summed E-state index contributed by atoms with van der Waals surface area (Å²) in [6.45, 7) is 20.8. The Labute approximate surface area is 410 Å². The predicted octanol–water partition coefficient (Wildman–Crippen LogP) is 15.7. The van der Waals surface area contributed by atoms with Crippen LogP contribution in [0.4, 0.5) is 0 Å². The van der Waals surface area contributed by atoms with Crippen molar-refractivity contribution < 1.29 is 24.5 Å². The monoisotopic (exact) mass is 1070 g/mol. The average Bonchev–Trinajstić information content (AvgIpc) is 3.90. The van der Waals surface area contributed by atoms with E-state index in [9.17, 15) is 0 Å². The summed E-state index contributed by atoms with van der Waals surface area (Å²) in [4.78, 5) is 14.7. The zero-order chi connectivity index (χ0) is 46.1. The van der Waals surface area contributed by atoms with Gasteiger partial charge in [0, 0.05) is 43.2 Å². The molecule has 0 aliphatic carbocycles. The third-order valence-electron chi connectivity index (χ3n) is 12.3. The molecule has 1 radical (unpaired) electrons. The molecule has 0 spiro atoms. The molecular formula is C60H58IrN4OSi-2. The van der Waals surface area contributed by atoms with Crippen LogP contribution in [0.3, 0.4) is 0 Å². The minimum absolute atomic E-state index is 0. The van der Waals surface area contributed by atoms with E-state index in [0.717, 1.165) is 67.7 Å². The molecule has 0 unspecified atom stereocenters. The van der Waals surface area contributed by atoms with Crippen LogP contribution in [0.5, 0.6) is 0 Å². The van der Waals surface area contributed by atoms with Crippen molar-refractivity contribution in [3.63, 3.8) is 0 Å². The first-order valence-corrected chi connectivity index (χ1v) is 26.8. The van der Waals surface area contributed by atoms with E-state index in [1.807, 2.05) is 30.3 Å². The number of hydrogen-bond donors (Lipinski definition) is 0. The van der Waals surface area contributed by atoms with Crippen molar-refractivity contribution in [1.82, 2.24) is 19.5 Å². The van der Waals surface area contributed by atoms with Crippen LogP contribution in [-0.2, 0) is 26.5 Å². The predicted molar refractivity (Wildman–Crippen MR) is 279 cm³/mol. The van der Waals surface area contributed by atoms with Gasteiger partial charge in [0.15, 0.2) is 0 Å². The Hall–Kier alpha value is -6.24. The van der Waals surface area contributed by atoms with Crippen LogP contribution in [0.25, 0.3) is 83.7 Å². The van der Waals surface area contributed by atoms with E-state index in [4.69, 9.17) is 14.4 Å². The number of rotatable bonds is 10. The van der Waals surface area contributed by atoms with Crippen LogP contribution < -0.4 is 5.19 Å². The second kappa shape index (κ2) is 19.9. The first-order chi connectivity index (χ1) is 31.9. The van der Waals surface area contributed by atoms with E-state index in [0.29, 0.717) is 11.5 Å². The Bertz CT molecular complexity index is 3260.